The van der Waals surface area contributed by atoms with Gasteiger partial charge in [-0.1, -0.05) is 37.3 Å². The monoisotopic (exact) mass is 193 g/mol. The predicted octanol–water partition coefficient (Wildman–Crippen LogP) is 2.45. The van der Waals surface area contributed by atoms with Gasteiger partial charge in [0, 0.05) is 23.6 Å². The third kappa shape index (κ3) is 2.06. The van der Waals surface area contributed by atoms with Crippen molar-refractivity contribution in [3.05, 3.63) is 35.9 Å². The van der Waals surface area contributed by atoms with Crippen LogP contribution in [0.1, 0.15) is 18.5 Å². The Kier molecular flexibility index (Phi) is 2.91. The first kappa shape index (κ1) is 9.10. The highest BCUT2D eigenvalue weighted by Crippen LogP contribution is 2.28. The standard InChI is InChI=1S/C11H15NS/c1-9-11(12-7-8-13-9)10-5-3-2-4-6-10/h2-6,9,11-12H,7-8H2,1H3/t9-,11-/m1/s1. The summed E-state index contributed by atoms with van der Waals surface area (Å²) in [5.74, 6) is 1.24. The van der Waals surface area contributed by atoms with Gasteiger partial charge in [-0.2, -0.15) is 11.8 Å². The van der Waals surface area contributed by atoms with Gasteiger partial charge >= 0.3 is 0 Å². The molecule has 2 heteroatoms. The second-order valence-electron chi connectivity index (χ2n) is 3.42. The maximum absolute atomic E-state index is 3.56. The third-order valence-electron chi connectivity index (χ3n) is 2.48. The van der Waals surface area contributed by atoms with Crippen molar-refractivity contribution in [1.29, 1.82) is 0 Å². The lowest BCUT2D eigenvalue weighted by Crippen LogP contribution is -2.35. The topological polar surface area (TPSA) is 12.0 Å². The van der Waals surface area contributed by atoms with E-state index >= 15 is 0 Å². The summed E-state index contributed by atoms with van der Waals surface area (Å²) in [7, 11) is 0. The molecule has 0 amide bonds. The van der Waals surface area contributed by atoms with Crippen LogP contribution in [-0.4, -0.2) is 17.5 Å². The van der Waals surface area contributed by atoms with Gasteiger partial charge in [0.25, 0.3) is 0 Å². The quantitative estimate of drug-likeness (QED) is 0.735. The van der Waals surface area contributed by atoms with Crippen molar-refractivity contribution in [3.8, 4) is 0 Å². The van der Waals surface area contributed by atoms with E-state index in [9.17, 15) is 0 Å². The highest BCUT2D eigenvalue weighted by Gasteiger charge is 2.21. The Morgan fingerprint density at radius 1 is 1.31 bits per heavy atom. The Morgan fingerprint density at radius 2 is 2.08 bits per heavy atom. The van der Waals surface area contributed by atoms with Crippen LogP contribution in [0.4, 0.5) is 0 Å². The summed E-state index contributed by atoms with van der Waals surface area (Å²) in [5, 5.41) is 4.26. The van der Waals surface area contributed by atoms with Crippen LogP contribution in [0, 0.1) is 0 Å². The Morgan fingerprint density at radius 3 is 2.77 bits per heavy atom. The van der Waals surface area contributed by atoms with Crippen molar-refractivity contribution in [2.45, 2.75) is 18.2 Å². The van der Waals surface area contributed by atoms with E-state index in [4.69, 9.17) is 0 Å². The van der Waals surface area contributed by atoms with Crippen molar-refractivity contribution in [2.75, 3.05) is 12.3 Å². The van der Waals surface area contributed by atoms with Gasteiger partial charge in [-0.3, -0.25) is 0 Å². The summed E-state index contributed by atoms with van der Waals surface area (Å²) in [6.07, 6.45) is 0. The number of rotatable bonds is 1. The fraction of sp³-hybridized carbons (Fsp3) is 0.455. The second kappa shape index (κ2) is 4.16. The van der Waals surface area contributed by atoms with Gasteiger partial charge < -0.3 is 5.32 Å². The molecule has 0 bridgehead atoms. The highest BCUT2D eigenvalue weighted by atomic mass is 32.2. The zero-order chi connectivity index (χ0) is 9.10. The number of benzene rings is 1. The summed E-state index contributed by atoms with van der Waals surface area (Å²) in [4.78, 5) is 0. The van der Waals surface area contributed by atoms with E-state index in [2.05, 4.69) is 54.3 Å². The van der Waals surface area contributed by atoms with E-state index in [1.54, 1.807) is 0 Å². The normalized spacial score (nSPS) is 28.7. The average molecular weight is 193 g/mol. The first-order chi connectivity index (χ1) is 6.38. The molecule has 0 saturated carbocycles. The molecule has 0 spiro atoms. The van der Waals surface area contributed by atoms with Gasteiger partial charge in [0.1, 0.15) is 0 Å². The SMILES string of the molecule is C[C@H]1SCCN[C@H]1c1ccccc1. The lowest BCUT2D eigenvalue weighted by Gasteiger charge is -2.29. The number of hydrogen-bond donors (Lipinski definition) is 1. The molecular formula is C11H15NS. The molecule has 70 valence electrons. The fourth-order valence-electron chi connectivity index (χ4n) is 1.77. The molecule has 1 aromatic carbocycles. The summed E-state index contributed by atoms with van der Waals surface area (Å²) in [6.45, 7) is 3.43. The zero-order valence-corrected chi connectivity index (χ0v) is 8.68. The van der Waals surface area contributed by atoms with E-state index in [-0.39, 0.29) is 0 Å². The van der Waals surface area contributed by atoms with E-state index in [0.29, 0.717) is 11.3 Å². The van der Waals surface area contributed by atoms with Crippen LogP contribution in [0.3, 0.4) is 0 Å². The van der Waals surface area contributed by atoms with Crippen molar-refractivity contribution >= 4 is 11.8 Å². The van der Waals surface area contributed by atoms with Gasteiger partial charge in [0.15, 0.2) is 0 Å². The number of hydrogen-bond acceptors (Lipinski definition) is 2. The molecule has 1 N–H and O–H groups in total. The molecule has 2 atom stereocenters. The Hall–Kier alpha value is -0.470. The fourth-order valence-corrected chi connectivity index (χ4v) is 2.82. The zero-order valence-electron chi connectivity index (χ0n) is 7.86. The lowest BCUT2D eigenvalue weighted by atomic mass is 10.0. The van der Waals surface area contributed by atoms with Gasteiger partial charge in [0.05, 0.1) is 0 Å². The molecule has 0 unspecified atom stereocenters. The van der Waals surface area contributed by atoms with Crippen molar-refractivity contribution in [1.82, 2.24) is 5.32 Å². The second-order valence-corrected chi connectivity index (χ2v) is 4.90. The number of nitrogens with one attached hydrogen (secondary N) is 1. The summed E-state index contributed by atoms with van der Waals surface area (Å²) < 4.78 is 0. The minimum Gasteiger partial charge on any atom is -0.308 e. The van der Waals surface area contributed by atoms with E-state index in [1.807, 2.05) is 0 Å². The van der Waals surface area contributed by atoms with Crippen molar-refractivity contribution in [3.63, 3.8) is 0 Å². The summed E-state index contributed by atoms with van der Waals surface area (Å²) >= 11 is 2.06. The maximum Gasteiger partial charge on any atom is 0.0438 e. The Balaban J connectivity index is 2.15. The average Bonchev–Trinajstić information content (AvgIpc) is 2.20. The Bertz CT molecular complexity index is 260. The van der Waals surface area contributed by atoms with Gasteiger partial charge in [0.2, 0.25) is 0 Å². The first-order valence-electron chi connectivity index (χ1n) is 4.78. The molecule has 1 aliphatic rings. The largest absolute Gasteiger partial charge is 0.308 e. The molecule has 1 fully saturated rings. The molecule has 13 heavy (non-hydrogen) atoms. The number of thioether (sulfide) groups is 1. The van der Waals surface area contributed by atoms with Gasteiger partial charge in [-0.05, 0) is 5.56 Å². The molecule has 1 aliphatic heterocycles. The minimum absolute atomic E-state index is 0.542. The summed E-state index contributed by atoms with van der Waals surface area (Å²) in [6, 6.07) is 11.3. The molecule has 0 aromatic heterocycles. The van der Waals surface area contributed by atoms with E-state index < -0.39 is 0 Å². The lowest BCUT2D eigenvalue weighted by molar-refractivity contribution is 0.535. The molecule has 1 aromatic rings. The minimum atomic E-state index is 0.542. The van der Waals surface area contributed by atoms with Crippen molar-refractivity contribution in [2.24, 2.45) is 0 Å². The van der Waals surface area contributed by atoms with Crippen LogP contribution in [0.25, 0.3) is 0 Å². The van der Waals surface area contributed by atoms with E-state index in [1.165, 1.54) is 11.3 Å². The third-order valence-corrected chi connectivity index (χ3v) is 3.71. The smallest absolute Gasteiger partial charge is 0.0438 e. The molecule has 0 radical (unpaired) electrons. The van der Waals surface area contributed by atoms with Crippen LogP contribution in [0.5, 0.6) is 0 Å². The summed E-state index contributed by atoms with van der Waals surface area (Å²) in [5.41, 5.74) is 1.42. The van der Waals surface area contributed by atoms with Crippen LogP contribution in [0.15, 0.2) is 30.3 Å². The van der Waals surface area contributed by atoms with Crippen LogP contribution >= 0.6 is 11.8 Å². The van der Waals surface area contributed by atoms with Gasteiger partial charge in [-0.15, -0.1) is 0 Å². The van der Waals surface area contributed by atoms with Crippen molar-refractivity contribution < 1.29 is 0 Å². The molecule has 1 saturated heterocycles. The van der Waals surface area contributed by atoms with Crippen LogP contribution < -0.4 is 5.32 Å². The maximum atomic E-state index is 3.56. The molecular weight excluding hydrogens is 178 g/mol. The van der Waals surface area contributed by atoms with Gasteiger partial charge in [-0.25, -0.2) is 0 Å². The molecule has 2 rings (SSSR count). The molecule has 1 nitrogen and oxygen atoms in total. The molecule has 0 aliphatic carbocycles. The van der Waals surface area contributed by atoms with Crippen LogP contribution in [-0.2, 0) is 0 Å². The van der Waals surface area contributed by atoms with E-state index in [0.717, 1.165) is 6.54 Å². The van der Waals surface area contributed by atoms with Crippen LogP contribution in [0.2, 0.25) is 0 Å². The molecule has 1 heterocycles. The first-order valence-corrected chi connectivity index (χ1v) is 5.83. The Labute approximate surface area is 83.9 Å². The highest BCUT2D eigenvalue weighted by molar-refractivity contribution is 8.00. The predicted molar refractivity (Wildman–Crippen MR) is 59.1 cm³/mol.